The average Bonchev–Trinajstić information content (AvgIpc) is 2.75. The van der Waals surface area contributed by atoms with Crippen molar-refractivity contribution in [3.63, 3.8) is 0 Å². The molecule has 0 bridgehead atoms. The van der Waals surface area contributed by atoms with Gasteiger partial charge in [-0.25, -0.2) is 8.42 Å². The minimum Gasteiger partial charge on any atom is -0.287 e. The maximum absolute atomic E-state index is 13.3. The molecule has 0 spiro atoms. The zero-order chi connectivity index (χ0) is 20.3. The van der Waals surface area contributed by atoms with Crippen molar-refractivity contribution in [1.29, 1.82) is 0 Å². The summed E-state index contributed by atoms with van der Waals surface area (Å²) in [5.74, 6) is -0.305. The molecule has 2 heterocycles. The van der Waals surface area contributed by atoms with Gasteiger partial charge in [-0.15, -0.1) is 0 Å². The Kier molecular flexibility index (Phi) is 5.27. The van der Waals surface area contributed by atoms with Gasteiger partial charge >= 0.3 is 0 Å². The molecule has 0 fully saturated rings. The molecule has 1 aromatic heterocycles. The molecule has 0 unspecified atom stereocenters. The van der Waals surface area contributed by atoms with E-state index in [1.807, 2.05) is 30.3 Å². The van der Waals surface area contributed by atoms with Gasteiger partial charge in [0, 0.05) is 18.3 Å². The van der Waals surface area contributed by atoms with Crippen molar-refractivity contribution in [2.45, 2.75) is 17.7 Å². The first kappa shape index (κ1) is 19.1. The van der Waals surface area contributed by atoms with E-state index in [2.05, 4.69) is 4.98 Å². The van der Waals surface area contributed by atoms with E-state index in [-0.39, 0.29) is 28.5 Å². The van der Waals surface area contributed by atoms with Gasteiger partial charge < -0.3 is 0 Å². The number of benzene rings is 2. The number of nitrogens with zero attached hydrogens (tertiary/aromatic N) is 2. The molecule has 0 saturated heterocycles. The van der Waals surface area contributed by atoms with Crippen LogP contribution in [0.5, 0.6) is 0 Å². The molecule has 0 amide bonds. The summed E-state index contributed by atoms with van der Waals surface area (Å²) >= 11 is 0. The molecular formula is C23H20N2O3S. The predicted molar refractivity (Wildman–Crippen MR) is 112 cm³/mol. The van der Waals surface area contributed by atoms with Crippen LogP contribution in [0.25, 0.3) is 6.08 Å². The number of fused-ring (bicyclic) bond motifs is 1. The summed E-state index contributed by atoms with van der Waals surface area (Å²) in [6, 6.07) is 21.6. The fourth-order valence-electron chi connectivity index (χ4n) is 3.43. The van der Waals surface area contributed by atoms with Crippen LogP contribution in [0.15, 0.2) is 89.6 Å². The van der Waals surface area contributed by atoms with Crippen LogP contribution in [0.1, 0.15) is 28.0 Å². The van der Waals surface area contributed by atoms with Crippen molar-refractivity contribution in [1.82, 2.24) is 9.29 Å². The number of carbonyl (C=O) groups excluding carboxylic acids is 1. The van der Waals surface area contributed by atoms with Gasteiger partial charge in [-0.1, -0.05) is 48.5 Å². The number of aryl methyl sites for hydroxylation is 1. The third-order valence-electron chi connectivity index (χ3n) is 4.84. The van der Waals surface area contributed by atoms with Crippen LogP contribution in [0, 0.1) is 0 Å². The zero-order valence-corrected chi connectivity index (χ0v) is 16.5. The quantitative estimate of drug-likeness (QED) is 0.604. The lowest BCUT2D eigenvalue weighted by Crippen LogP contribution is -2.39. The van der Waals surface area contributed by atoms with Crippen LogP contribution in [0.4, 0.5) is 0 Å². The summed E-state index contributed by atoms with van der Waals surface area (Å²) in [5, 5.41) is 0. The molecular weight excluding hydrogens is 384 g/mol. The third-order valence-corrected chi connectivity index (χ3v) is 6.71. The van der Waals surface area contributed by atoms with Gasteiger partial charge in [0.2, 0.25) is 5.78 Å². The topological polar surface area (TPSA) is 67.3 Å². The number of sulfonamides is 1. The summed E-state index contributed by atoms with van der Waals surface area (Å²) in [6.45, 7) is 0.218. The van der Waals surface area contributed by atoms with E-state index in [0.29, 0.717) is 12.1 Å². The average molecular weight is 404 g/mol. The largest absolute Gasteiger partial charge is 0.287 e. The Hall–Kier alpha value is -3.25. The highest BCUT2D eigenvalue weighted by atomic mass is 32.2. The molecule has 1 aliphatic heterocycles. The van der Waals surface area contributed by atoms with Crippen molar-refractivity contribution in [3.05, 3.63) is 102 Å². The molecule has 4 rings (SSSR count). The van der Waals surface area contributed by atoms with Gasteiger partial charge in [0.1, 0.15) is 5.70 Å². The van der Waals surface area contributed by atoms with E-state index >= 15 is 0 Å². The molecule has 5 nitrogen and oxygen atoms in total. The number of rotatable bonds is 5. The second-order valence-electron chi connectivity index (χ2n) is 6.78. The van der Waals surface area contributed by atoms with Crippen LogP contribution in [-0.2, 0) is 16.4 Å². The van der Waals surface area contributed by atoms with Gasteiger partial charge in [-0.05, 0) is 48.7 Å². The summed E-state index contributed by atoms with van der Waals surface area (Å²) in [6.07, 6.45) is 4.48. The summed E-state index contributed by atoms with van der Waals surface area (Å²) in [5.41, 5.74) is 2.01. The molecule has 0 atom stereocenters. The Morgan fingerprint density at radius 2 is 1.62 bits per heavy atom. The van der Waals surface area contributed by atoms with E-state index in [4.69, 9.17) is 0 Å². The number of aromatic nitrogens is 1. The third kappa shape index (κ3) is 3.84. The number of carbonyl (C=O) groups is 1. The van der Waals surface area contributed by atoms with E-state index in [0.717, 1.165) is 12.0 Å². The van der Waals surface area contributed by atoms with Crippen molar-refractivity contribution in [2.24, 2.45) is 0 Å². The second kappa shape index (κ2) is 8.01. The molecule has 0 aliphatic carbocycles. The van der Waals surface area contributed by atoms with Crippen LogP contribution in [0.3, 0.4) is 0 Å². The van der Waals surface area contributed by atoms with Crippen LogP contribution >= 0.6 is 0 Å². The van der Waals surface area contributed by atoms with E-state index in [1.165, 1.54) is 10.4 Å². The maximum Gasteiger partial charge on any atom is 0.265 e. The fraction of sp³-hybridized carbons (Fsp3) is 0.130. The van der Waals surface area contributed by atoms with Gasteiger partial charge in [0.15, 0.2) is 0 Å². The van der Waals surface area contributed by atoms with Gasteiger partial charge in [0.25, 0.3) is 10.0 Å². The molecule has 146 valence electrons. The fourth-order valence-corrected chi connectivity index (χ4v) is 5.12. The SMILES string of the molecule is O=C1C(=Cc2ccccn2)N(CCCc2ccccc2)S(=O)(=O)c2ccccc21. The Bertz CT molecular complexity index is 1160. The Balaban J connectivity index is 1.72. The predicted octanol–water partition coefficient (Wildman–Crippen LogP) is 3.94. The number of Topliss-reactive ketones (excluding diaryl/α,β-unsaturated/α-hetero) is 1. The summed E-state index contributed by atoms with van der Waals surface area (Å²) in [7, 11) is -3.82. The van der Waals surface area contributed by atoms with E-state index in [1.54, 1.807) is 48.7 Å². The first-order chi connectivity index (χ1) is 14.1. The zero-order valence-electron chi connectivity index (χ0n) is 15.7. The minimum atomic E-state index is -3.82. The van der Waals surface area contributed by atoms with Crippen molar-refractivity contribution in [3.8, 4) is 0 Å². The van der Waals surface area contributed by atoms with Crippen molar-refractivity contribution >= 4 is 21.9 Å². The molecule has 0 N–H and O–H groups in total. The molecule has 29 heavy (non-hydrogen) atoms. The normalized spacial score (nSPS) is 16.6. The molecule has 0 saturated carbocycles. The lowest BCUT2D eigenvalue weighted by atomic mass is 10.1. The van der Waals surface area contributed by atoms with E-state index < -0.39 is 10.0 Å². The number of allylic oxidation sites excluding steroid dienone is 1. The Morgan fingerprint density at radius 1 is 0.897 bits per heavy atom. The molecule has 6 heteroatoms. The maximum atomic E-state index is 13.3. The lowest BCUT2D eigenvalue weighted by molar-refractivity contribution is 0.100. The van der Waals surface area contributed by atoms with Crippen molar-refractivity contribution < 1.29 is 13.2 Å². The molecule has 1 aliphatic rings. The minimum absolute atomic E-state index is 0.0582. The first-order valence-corrected chi connectivity index (χ1v) is 10.8. The lowest BCUT2D eigenvalue weighted by Gasteiger charge is -2.31. The number of hydrogen-bond acceptors (Lipinski definition) is 4. The van der Waals surface area contributed by atoms with Crippen LogP contribution in [-0.4, -0.2) is 30.0 Å². The van der Waals surface area contributed by atoms with Crippen LogP contribution < -0.4 is 0 Å². The number of pyridine rings is 1. The molecule has 2 aromatic carbocycles. The van der Waals surface area contributed by atoms with E-state index in [9.17, 15) is 13.2 Å². The second-order valence-corrected chi connectivity index (χ2v) is 8.61. The highest BCUT2D eigenvalue weighted by molar-refractivity contribution is 7.89. The highest BCUT2D eigenvalue weighted by Gasteiger charge is 2.38. The van der Waals surface area contributed by atoms with Gasteiger partial charge in [0.05, 0.1) is 10.6 Å². The summed E-state index contributed by atoms with van der Waals surface area (Å²) in [4.78, 5) is 17.4. The van der Waals surface area contributed by atoms with Gasteiger partial charge in [-0.3, -0.25) is 14.1 Å². The van der Waals surface area contributed by atoms with Crippen molar-refractivity contribution in [2.75, 3.05) is 6.54 Å². The first-order valence-electron chi connectivity index (χ1n) is 9.40. The number of hydrogen-bond donors (Lipinski definition) is 0. The summed E-state index contributed by atoms with van der Waals surface area (Å²) < 4.78 is 27.8. The Labute approximate surface area is 170 Å². The number of ketones is 1. The van der Waals surface area contributed by atoms with Crippen LogP contribution in [0.2, 0.25) is 0 Å². The monoisotopic (exact) mass is 404 g/mol. The standard InChI is InChI=1S/C23H20N2O3S/c26-23-20-13-4-5-14-22(20)29(27,28)25(16-8-11-18-9-2-1-3-10-18)21(23)17-19-12-6-7-15-24-19/h1-7,9-10,12-15,17H,8,11,16H2. The smallest absolute Gasteiger partial charge is 0.265 e. The highest BCUT2D eigenvalue weighted by Crippen LogP contribution is 2.33. The molecule has 0 radical (unpaired) electrons. The molecule has 3 aromatic rings. The Morgan fingerprint density at radius 3 is 2.38 bits per heavy atom. The van der Waals surface area contributed by atoms with Gasteiger partial charge in [-0.2, -0.15) is 0 Å².